The molecule has 2 N–H and O–H groups in total. The SMILES string of the molecule is C/C=C(/NC(=O)c1c(F)cccc1F)C(=NC)C(=O)NCc1cccnc1. The van der Waals surface area contributed by atoms with Crippen LogP contribution >= 0.6 is 0 Å². The number of hydrogen-bond donors (Lipinski definition) is 2. The highest BCUT2D eigenvalue weighted by Crippen LogP contribution is 2.12. The molecule has 0 aliphatic heterocycles. The number of nitrogens with zero attached hydrogens (tertiary/aromatic N) is 2. The minimum Gasteiger partial charge on any atom is -0.347 e. The molecule has 0 saturated carbocycles. The van der Waals surface area contributed by atoms with Crippen molar-refractivity contribution in [1.82, 2.24) is 15.6 Å². The number of amides is 2. The van der Waals surface area contributed by atoms with Crippen molar-refractivity contribution < 1.29 is 18.4 Å². The lowest BCUT2D eigenvalue weighted by molar-refractivity contribution is -0.114. The molecule has 1 heterocycles. The number of carbonyl (C=O) groups excluding carboxylic acids is 2. The summed E-state index contributed by atoms with van der Waals surface area (Å²) in [6.07, 6.45) is 4.63. The number of aromatic nitrogens is 1. The van der Waals surface area contributed by atoms with E-state index in [4.69, 9.17) is 0 Å². The van der Waals surface area contributed by atoms with E-state index in [0.29, 0.717) is 0 Å². The van der Waals surface area contributed by atoms with Gasteiger partial charge in [-0.3, -0.25) is 19.6 Å². The standard InChI is InChI=1S/C19H18F2N4O2/c1-3-15(25-18(26)16-13(20)7-4-8-14(16)21)17(22-2)19(27)24-11-12-6-5-9-23-10-12/h3-10H,11H2,1-2H3,(H,24,27)(H,25,26)/b15-3+,22-17?. The van der Waals surface area contributed by atoms with E-state index in [-0.39, 0.29) is 18.0 Å². The number of aliphatic imine (C=N–C) groups is 1. The number of halogens is 2. The van der Waals surface area contributed by atoms with Crippen molar-refractivity contribution in [3.05, 3.63) is 77.3 Å². The molecule has 2 amide bonds. The third-order valence-corrected chi connectivity index (χ3v) is 3.60. The van der Waals surface area contributed by atoms with Crippen LogP contribution in [-0.4, -0.2) is 29.6 Å². The Bertz CT molecular complexity index is 876. The summed E-state index contributed by atoms with van der Waals surface area (Å²) in [6.45, 7) is 1.77. The van der Waals surface area contributed by atoms with E-state index in [1.165, 1.54) is 13.1 Å². The third kappa shape index (κ3) is 5.04. The van der Waals surface area contributed by atoms with Gasteiger partial charge in [0.2, 0.25) is 0 Å². The second-order valence-corrected chi connectivity index (χ2v) is 5.37. The normalized spacial score (nSPS) is 11.9. The van der Waals surface area contributed by atoms with Crippen molar-refractivity contribution in [2.24, 2.45) is 4.99 Å². The molecule has 2 rings (SSSR count). The monoisotopic (exact) mass is 372 g/mol. The molecule has 8 heteroatoms. The molecule has 0 spiro atoms. The van der Waals surface area contributed by atoms with Crippen LogP contribution in [0.3, 0.4) is 0 Å². The van der Waals surface area contributed by atoms with Gasteiger partial charge in [-0.15, -0.1) is 0 Å². The fourth-order valence-corrected chi connectivity index (χ4v) is 2.28. The van der Waals surface area contributed by atoms with Crippen molar-refractivity contribution in [2.45, 2.75) is 13.5 Å². The predicted octanol–water partition coefficient (Wildman–Crippen LogP) is 2.38. The zero-order valence-corrected chi connectivity index (χ0v) is 14.8. The van der Waals surface area contributed by atoms with E-state index < -0.39 is 29.0 Å². The Morgan fingerprint density at radius 3 is 2.44 bits per heavy atom. The molecule has 6 nitrogen and oxygen atoms in total. The van der Waals surface area contributed by atoms with Gasteiger partial charge in [-0.05, 0) is 30.7 Å². The van der Waals surface area contributed by atoms with Gasteiger partial charge >= 0.3 is 0 Å². The molecule has 27 heavy (non-hydrogen) atoms. The Hall–Kier alpha value is -3.42. The molecule has 1 aromatic heterocycles. The van der Waals surface area contributed by atoms with Crippen molar-refractivity contribution in [1.29, 1.82) is 0 Å². The topological polar surface area (TPSA) is 83.5 Å². The largest absolute Gasteiger partial charge is 0.347 e. The lowest BCUT2D eigenvalue weighted by Crippen LogP contribution is -2.38. The fraction of sp³-hybridized carbons (Fsp3) is 0.158. The van der Waals surface area contributed by atoms with Gasteiger partial charge in [-0.1, -0.05) is 18.2 Å². The van der Waals surface area contributed by atoms with Crippen LogP contribution in [0.5, 0.6) is 0 Å². The minimum atomic E-state index is -1.01. The summed E-state index contributed by atoms with van der Waals surface area (Å²) in [7, 11) is 1.37. The molecule has 0 atom stereocenters. The highest BCUT2D eigenvalue weighted by Gasteiger charge is 2.22. The minimum absolute atomic E-state index is 0.0360. The summed E-state index contributed by atoms with van der Waals surface area (Å²) in [5.74, 6) is -3.57. The van der Waals surface area contributed by atoms with Crippen molar-refractivity contribution >= 4 is 17.5 Å². The maximum atomic E-state index is 13.8. The second-order valence-electron chi connectivity index (χ2n) is 5.37. The summed E-state index contributed by atoms with van der Waals surface area (Å²) in [6, 6.07) is 6.63. The van der Waals surface area contributed by atoms with Crippen LogP contribution in [0.1, 0.15) is 22.8 Å². The highest BCUT2D eigenvalue weighted by atomic mass is 19.1. The first-order valence-electron chi connectivity index (χ1n) is 8.03. The van der Waals surface area contributed by atoms with Crippen LogP contribution in [0.2, 0.25) is 0 Å². The lowest BCUT2D eigenvalue weighted by Gasteiger charge is -2.13. The van der Waals surface area contributed by atoms with Crippen LogP contribution in [0, 0.1) is 11.6 Å². The number of pyridine rings is 1. The van der Waals surface area contributed by atoms with E-state index >= 15 is 0 Å². The summed E-state index contributed by atoms with van der Waals surface area (Å²) in [5.41, 5.74) is 0.00388. The van der Waals surface area contributed by atoms with E-state index in [0.717, 1.165) is 23.8 Å². The van der Waals surface area contributed by atoms with Crippen LogP contribution < -0.4 is 10.6 Å². The van der Waals surface area contributed by atoms with Crippen LogP contribution in [-0.2, 0) is 11.3 Å². The molecular weight excluding hydrogens is 354 g/mol. The van der Waals surface area contributed by atoms with Crippen molar-refractivity contribution in [2.75, 3.05) is 7.05 Å². The number of benzene rings is 1. The summed E-state index contributed by atoms with van der Waals surface area (Å²) in [4.78, 5) is 32.5. The molecule has 0 fully saturated rings. The first-order chi connectivity index (χ1) is 13.0. The molecule has 0 radical (unpaired) electrons. The van der Waals surface area contributed by atoms with Gasteiger partial charge in [0.25, 0.3) is 11.8 Å². The lowest BCUT2D eigenvalue weighted by atomic mass is 10.1. The van der Waals surface area contributed by atoms with E-state index in [2.05, 4.69) is 20.6 Å². The first-order valence-corrected chi connectivity index (χ1v) is 8.03. The van der Waals surface area contributed by atoms with Gasteiger partial charge in [0.05, 0.1) is 5.70 Å². The number of hydrogen-bond acceptors (Lipinski definition) is 4. The van der Waals surface area contributed by atoms with Gasteiger partial charge in [-0.2, -0.15) is 0 Å². The molecular formula is C19H18F2N4O2. The van der Waals surface area contributed by atoms with Crippen LogP contribution in [0.15, 0.2) is 59.5 Å². The zero-order chi connectivity index (χ0) is 19.8. The van der Waals surface area contributed by atoms with Gasteiger partial charge in [0, 0.05) is 26.0 Å². The van der Waals surface area contributed by atoms with Crippen molar-refractivity contribution in [3.8, 4) is 0 Å². The van der Waals surface area contributed by atoms with Crippen LogP contribution in [0.25, 0.3) is 0 Å². The summed E-state index contributed by atoms with van der Waals surface area (Å²) < 4.78 is 27.5. The van der Waals surface area contributed by atoms with E-state index in [9.17, 15) is 18.4 Å². The maximum absolute atomic E-state index is 13.8. The number of nitrogens with one attached hydrogen (secondary N) is 2. The summed E-state index contributed by atoms with van der Waals surface area (Å²) in [5, 5.41) is 4.98. The van der Waals surface area contributed by atoms with Crippen LogP contribution in [0.4, 0.5) is 8.78 Å². The Morgan fingerprint density at radius 1 is 1.19 bits per heavy atom. The molecule has 0 unspecified atom stereocenters. The Balaban J connectivity index is 2.12. The average molecular weight is 372 g/mol. The van der Waals surface area contributed by atoms with Crippen molar-refractivity contribution in [3.63, 3.8) is 0 Å². The average Bonchev–Trinajstić information content (AvgIpc) is 2.66. The molecule has 0 aliphatic carbocycles. The molecule has 0 bridgehead atoms. The Kier molecular flexibility index (Phi) is 6.87. The first kappa shape index (κ1) is 19.9. The highest BCUT2D eigenvalue weighted by molar-refractivity contribution is 6.45. The third-order valence-electron chi connectivity index (χ3n) is 3.60. The molecule has 2 aromatic rings. The molecule has 1 aromatic carbocycles. The van der Waals surface area contributed by atoms with E-state index in [1.807, 2.05) is 0 Å². The van der Waals surface area contributed by atoms with Gasteiger partial charge < -0.3 is 10.6 Å². The molecule has 140 valence electrons. The predicted molar refractivity (Wildman–Crippen MR) is 97.0 cm³/mol. The zero-order valence-electron chi connectivity index (χ0n) is 14.8. The molecule has 0 aliphatic rings. The van der Waals surface area contributed by atoms with Gasteiger partial charge in [0.15, 0.2) is 0 Å². The quantitative estimate of drug-likeness (QED) is 0.764. The smallest absolute Gasteiger partial charge is 0.271 e. The number of carbonyl (C=O) groups is 2. The maximum Gasteiger partial charge on any atom is 0.271 e. The second kappa shape index (κ2) is 9.33. The van der Waals surface area contributed by atoms with E-state index in [1.54, 1.807) is 31.5 Å². The number of allylic oxidation sites excluding steroid dienone is 1. The Labute approximate surface area is 155 Å². The fourth-order valence-electron chi connectivity index (χ4n) is 2.28. The van der Waals surface area contributed by atoms with Gasteiger partial charge in [-0.25, -0.2) is 8.78 Å². The van der Waals surface area contributed by atoms with Gasteiger partial charge in [0.1, 0.15) is 22.9 Å². The molecule has 0 saturated heterocycles. The summed E-state index contributed by atoms with van der Waals surface area (Å²) >= 11 is 0. The Morgan fingerprint density at radius 2 is 1.89 bits per heavy atom. The number of rotatable bonds is 6.